The molecular weight excluding hydrogens is 296 g/mol. The Morgan fingerprint density at radius 1 is 1.26 bits per heavy atom. The van der Waals surface area contributed by atoms with Gasteiger partial charge in [0.15, 0.2) is 0 Å². The van der Waals surface area contributed by atoms with Gasteiger partial charge in [-0.15, -0.1) is 0 Å². The molecule has 2 heterocycles. The van der Waals surface area contributed by atoms with Gasteiger partial charge in [-0.25, -0.2) is 0 Å². The molecule has 0 saturated carbocycles. The molecule has 3 rings (SSSR count). The number of rotatable bonds is 3. The van der Waals surface area contributed by atoms with Crippen molar-refractivity contribution in [3.8, 4) is 17.6 Å². The smallest absolute Gasteiger partial charge is 0.234 e. The minimum absolute atomic E-state index is 0.231. The number of ether oxygens (including phenoxy) is 2. The minimum Gasteiger partial charge on any atom is -0.496 e. The van der Waals surface area contributed by atoms with Crippen LogP contribution in [-0.4, -0.2) is 19.4 Å². The first kappa shape index (κ1) is 14.8. The average Bonchev–Trinajstić information content (AvgIpc) is 2.93. The number of benzene rings is 1. The third-order valence-corrected chi connectivity index (χ3v) is 3.90. The maximum atomic E-state index is 9.61. The van der Waals surface area contributed by atoms with Crippen LogP contribution in [0.3, 0.4) is 0 Å². The molecule has 0 saturated heterocycles. The molecule has 0 bridgehead atoms. The van der Waals surface area contributed by atoms with Crippen LogP contribution in [0.25, 0.3) is 0 Å². The van der Waals surface area contributed by atoms with Gasteiger partial charge in [0.25, 0.3) is 0 Å². The molecule has 1 aromatic heterocycles. The van der Waals surface area contributed by atoms with E-state index in [4.69, 9.17) is 19.7 Å². The number of nitriles is 1. The van der Waals surface area contributed by atoms with Crippen molar-refractivity contribution in [2.24, 2.45) is 5.73 Å². The predicted molar refractivity (Wildman–Crippen MR) is 83.1 cm³/mol. The lowest BCUT2D eigenvalue weighted by molar-refractivity contribution is 0.384. The monoisotopic (exact) mass is 312 g/mol. The first-order chi connectivity index (χ1) is 11.1. The van der Waals surface area contributed by atoms with E-state index in [1.165, 1.54) is 0 Å². The summed E-state index contributed by atoms with van der Waals surface area (Å²) < 4.78 is 16.2. The van der Waals surface area contributed by atoms with Crippen molar-refractivity contribution in [2.45, 2.75) is 12.8 Å². The Bertz CT molecular complexity index is 810. The number of nitrogens with zero attached hydrogens (tertiary/aromatic N) is 2. The normalized spacial score (nSPS) is 16.3. The van der Waals surface area contributed by atoms with Crippen LogP contribution in [0.5, 0.6) is 11.5 Å². The molecule has 1 aliphatic rings. The number of aryl methyl sites for hydroxylation is 1. The lowest BCUT2D eigenvalue weighted by atomic mass is 9.82. The number of fused-ring (bicyclic) bond motifs is 1. The van der Waals surface area contributed by atoms with E-state index in [1.54, 1.807) is 14.2 Å². The SMILES string of the molecule is COc1cccc(OC)c1C1C(C#N)=C(N)Nc2onc(C)c21. The van der Waals surface area contributed by atoms with Crippen molar-refractivity contribution in [3.63, 3.8) is 0 Å². The van der Waals surface area contributed by atoms with Gasteiger partial charge in [0.05, 0.1) is 43.0 Å². The Morgan fingerprint density at radius 2 is 1.91 bits per heavy atom. The van der Waals surface area contributed by atoms with Gasteiger partial charge in [-0.3, -0.25) is 0 Å². The summed E-state index contributed by atoms with van der Waals surface area (Å²) in [6.45, 7) is 1.81. The largest absolute Gasteiger partial charge is 0.496 e. The third kappa shape index (κ3) is 2.16. The second-order valence-corrected chi connectivity index (χ2v) is 5.08. The Hall–Kier alpha value is -3.14. The van der Waals surface area contributed by atoms with E-state index in [2.05, 4.69) is 16.5 Å². The maximum absolute atomic E-state index is 9.61. The number of nitrogens with two attached hydrogens (primary N) is 1. The molecular formula is C16H16N4O3. The van der Waals surface area contributed by atoms with Gasteiger partial charge in [0.1, 0.15) is 17.3 Å². The molecule has 7 nitrogen and oxygen atoms in total. The van der Waals surface area contributed by atoms with Gasteiger partial charge < -0.3 is 25.0 Å². The molecule has 1 atom stereocenters. The number of aromatic nitrogens is 1. The van der Waals surface area contributed by atoms with E-state index in [0.29, 0.717) is 34.2 Å². The van der Waals surface area contributed by atoms with E-state index in [1.807, 2.05) is 25.1 Å². The molecule has 0 fully saturated rings. The standard InChI is InChI=1S/C16H16N4O3/c1-8-12-13(9(7-17)15(18)19-16(12)23-20-8)14-10(21-2)5-4-6-11(14)22-3/h4-6,13,19H,18H2,1-3H3. The van der Waals surface area contributed by atoms with Crippen molar-refractivity contribution < 1.29 is 14.0 Å². The summed E-state index contributed by atoms with van der Waals surface area (Å²) in [5.41, 5.74) is 8.50. The highest BCUT2D eigenvalue weighted by atomic mass is 16.5. The van der Waals surface area contributed by atoms with Crippen LogP contribution in [0.2, 0.25) is 0 Å². The lowest BCUT2D eigenvalue weighted by Crippen LogP contribution is -2.23. The zero-order valence-electron chi connectivity index (χ0n) is 13.0. The number of nitrogens with one attached hydrogen (secondary N) is 1. The average molecular weight is 312 g/mol. The first-order valence-electron chi connectivity index (χ1n) is 6.96. The fourth-order valence-electron chi connectivity index (χ4n) is 2.87. The molecule has 118 valence electrons. The summed E-state index contributed by atoms with van der Waals surface area (Å²) in [6.07, 6.45) is 0. The van der Waals surface area contributed by atoms with Gasteiger partial charge in [-0.2, -0.15) is 5.26 Å². The summed E-state index contributed by atoms with van der Waals surface area (Å²) in [5.74, 6) is 1.38. The molecule has 1 aliphatic heterocycles. The molecule has 0 amide bonds. The molecule has 2 aromatic rings. The molecule has 0 radical (unpaired) electrons. The number of allylic oxidation sites excluding steroid dienone is 1. The topological polar surface area (TPSA) is 106 Å². The fraction of sp³-hybridized carbons (Fsp3) is 0.250. The highest BCUT2D eigenvalue weighted by Crippen LogP contribution is 2.48. The summed E-state index contributed by atoms with van der Waals surface area (Å²) in [7, 11) is 3.14. The Morgan fingerprint density at radius 3 is 2.48 bits per heavy atom. The highest BCUT2D eigenvalue weighted by Gasteiger charge is 2.37. The molecule has 0 spiro atoms. The van der Waals surface area contributed by atoms with E-state index < -0.39 is 5.92 Å². The van der Waals surface area contributed by atoms with Crippen LogP contribution < -0.4 is 20.5 Å². The van der Waals surface area contributed by atoms with E-state index in [9.17, 15) is 5.26 Å². The Kier molecular flexibility index (Phi) is 3.58. The molecule has 1 aromatic carbocycles. The summed E-state index contributed by atoms with van der Waals surface area (Å²) >= 11 is 0. The van der Waals surface area contributed by atoms with Crippen LogP contribution in [-0.2, 0) is 0 Å². The zero-order chi connectivity index (χ0) is 16.6. The van der Waals surface area contributed by atoms with Gasteiger partial charge in [0.2, 0.25) is 5.88 Å². The third-order valence-electron chi connectivity index (χ3n) is 3.90. The van der Waals surface area contributed by atoms with Crippen molar-refractivity contribution in [2.75, 3.05) is 19.5 Å². The van der Waals surface area contributed by atoms with Crippen molar-refractivity contribution in [3.05, 3.63) is 46.4 Å². The summed E-state index contributed by atoms with van der Waals surface area (Å²) in [6, 6.07) is 7.62. The van der Waals surface area contributed by atoms with Gasteiger partial charge in [-0.1, -0.05) is 11.2 Å². The van der Waals surface area contributed by atoms with Gasteiger partial charge in [0, 0.05) is 5.56 Å². The summed E-state index contributed by atoms with van der Waals surface area (Å²) in [5, 5.41) is 16.5. The lowest BCUT2D eigenvalue weighted by Gasteiger charge is -2.26. The molecule has 0 aliphatic carbocycles. The number of hydrogen-bond acceptors (Lipinski definition) is 7. The fourth-order valence-corrected chi connectivity index (χ4v) is 2.87. The molecule has 1 unspecified atom stereocenters. The van der Waals surface area contributed by atoms with Crippen LogP contribution in [0, 0.1) is 18.3 Å². The van der Waals surface area contributed by atoms with Gasteiger partial charge >= 0.3 is 0 Å². The van der Waals surface area contributed by atoms with E-state index in [0.717, 1.165) is 5.56 Å². The Labute approximate surface area is 133 Å². The number of hydrogen-bond donors (Lipinski definition) is 2. The molecule has 7 heteroatoms. The Balaban J connectivity index is 2.34. The van der Waals surface area contributed by atoms with Crippen molar-refractivity contribution >= 4 is 5.88 Å². The first-order valence-corrected chi connectivity index (χ1v) is 6.96. The second kappa shape index (κ2) is 5.57. The van der Waals surface area contributed by atoms with Crippen LogP contribution in [0.1, 0.15) is 22.7 Å². The second-order valence-electron chi connectivity index (χ2n) is 5.08. The van der Waals surface area contributed by atoms with Crippen LogP contribution in [0.15, 0.2) is 34.1 Å². The highest BCUT2D eigenvalue weighted by molar-refractivity contribution is 5.67. The van der Waals surface area contributed by atoms with Crippen molar-refractivity contribution in [1.82, 2.24) is 5.16 Å². The molecule has 3 N–H and O–H groups in total. The minimum atomic E-state index is -0.478. The van der Waals surface area contributed by atoms with Crippen molar-refractivity contribution in [1.29, 1.82) is 5.26 Å². The van der Waals surface area contributed by atoms with Gasteiger partial charge in [-0.05, 0) is 19.1 Å². The quantitative estimate of drug-likeness (QED) is 0.895. The van der Waals surface area contributed by atoms with E-state index in [-0.39, 0.29) is 5.82 Å². The van der Waals surface area contributed by atoms with Crippen LogP contribution in [0.4, 0.5) is 5.88 Å². The number of methoxy groups -OCH3 is 2. The molecule has 23 heavy (non-hydrogen) atoms. The van der Waals surface area contributed by atoms with E-state index >= 15 is 0 Å². The maximum Gasteiger partial charge on any atom is 0.234 e. The summed E-state index contributed by atoms with van der Waals surface area (Å²) in [4.78, 5) is 0. The predicted octanol–water partition coefficient (Wildman–Crippen LogP) is 2.25. The zero-order valence-corrected chi connectivity index (χ0v) is 13.0. The van der Waals surface area contributed by atoms with Crippen LogP contribution >= 0.6 is 0 Å². The number of anilines is 1.